The van der Waals surface area contributed by atoms with Gasteiger partial charge in [0, 0.05) is 17.8 Å². The molecule has 1 heterocycles. The van der Waals surface area contributed by atoms with E-state index in [1.165, 1.54) is 16.2 Å². The van der Waals surface area contributed by atoms with E-state index in [-0.39, 0.29) is 5.91 Å². The molecule has 1 aliphatic rings. The van der Waals surface area contributed by atoms with Crippen molar-refractivity contribution in [1.82, 2.24) is 10.6 Å². The Morgan fingerprint density at radius 3 is 2.32 bits per heavy atom. The van der Waals surface area contributed by atoms with Crippen LogP contribution in [-0.2, 0) is 4.79 Å². The molecule has 2 aromatic rings. The van der Waals surface area contributed by atoms with E-state index in [2.05, 4.69) is 46.7 Å². The summed E-state index contributed by atoms with van der Waals surface area (Å²) in [5.41, 5.74) is 3.45. The highest BCUT2D eigenvalue weighted by Gasteiger charge is 2.35. The molecule has 1 atom stereocenters. The summed E-state index contributed by atoms with van der Waals surface area (Å²) in [4.78, 5) is 28.4. The van der Waals surface area contributed by atoms with E-state index < -0.39 is 12.1 Å². The highest BCUT2D eigenvalue weighted by molar-refractivity contribution is 5.96. The molecule has 148 valence electrons. The van der Waals surface area contributed by atoms with Gasteiger partial charge in [0.1, 0.15) is 0 Å². The van der Waals surface area contributed by atoms with Crippen LogP contribution in [0.3, 0.4) is 0 Å². The molecule has 6 heteroatoms. The molecule has 28 heavy (non-hydrogen) atoms. The average Bonchev–Trinajstić information content (AvgIpc) is 2.70. The summed E-state index contributed by atoms with van der Waals surface area (Å²) in [6.07, 6.45) is 0. The van der Waals surface area contributed by atoms with Crippen LogP contribution < -0.4 is 20.4 Å². The second kappa shape index (κ2) is 9.37. The van der Waals surface area contributed by atoms with Gasteiger partial charge in [0.15, 0.2) is 6.04 Å². The van der Waals surface area contributed by atoms with Crippen molar-refractivity contribution in [3.8, 4) is 0 Å². The fourth-order valence-corrected chi connectivity index (χ4v) is 3.85. The predicted octanol–water partition coefficient (Wildman–Crippen LogP) is 1.29. The molecule has 6 nitrogen and oxygen atoms in total. The first-order valence-corrected chi connectivity index (χ1v) is 9.89. The van der Waals surface area contributed by atoms with E-state index in [0.717, 1.165) is 31.7 Å². The summed E-state index contributed by atoms with van der Waals surface area (Å²) in [7, 11) is 0. The molecule has 0 aromatic heterocycles. The molecule has 3 N–H and O–H groups in total. The number of hydrogen-bond acceptors (Lipinski definition) is 3. The summed E-state index contributed by atoms with van der Waals surface area (Å²) in [6, 6.07) is 17.3. The van der Waals surface area contributed by atoms with Gasteiger partial charge in [-0.25, -0.2) is 4.79 Å². The Morgan fingerprint density at radius 1 is 1.04 bits per heavy atom. The molecule has 0 aliphatic carbocycles. The minimum atomic E-state index is -0.439. The Balaban J connectivity index is 1.74. The number of urea groups is 1. The second-order valence-electron chi connectivity index (χ2n) is 7.12. The van der Waals surface area contributed by atoms with Crippen molar-refractivity contribution >= 4 is 17.6 Å². The zero-order valence-electron chi connectivity index (χ0n) is 16.6. The van der Waals surface area contributed by atoms with E-state index >= 15 is 0 Å². The summed E-state index contributed by atoms with van der Waals surface area (Å²) in [5, 5.41) is 5.14. The van der Waals surface area contributed by atoms with E-state index in [9.17, 15) is 9.59 Å². The van der Waals surface area contributed by atoms with E-state index in [0.29, 0.717) is 6.54 Å². The SMILES string of the molecule is CCNC(=O)NC(=O)[C@H](c1ccccc1)[NH+]1CCN(c2ccccc2C)CC1. The molecule has 1 saturated heterocycles. The van der Waals surface area contributed by atoms with Gasteiger partial charge in [0.2, 0.25) is 0 Å². The van der Waals surface area contributed by atoms with Gasteiger partial charge in [-0.3, -0.25) is 10.1 Å². The lowest BCUT2D eigenvalue weighted by Gasteiger charge is -2.37. The average molecular weight is 382 g/mol. The van der Waals surface area contributed by atoms with Crippen molar-refractivity contribution in [1.29, 1.82) is 0 Å². The van der Waals surface area contributed by atoms with Crippen LogP contribution in [0.2, 0.25) is 0 Å². The topological polar surface area (TPSA) is 65.9 Å². The normalized spacial score (nSPS) is 15.7. The summed E-state index contributed by atoms with van der Waals surface area (Å²) >= 11 is 0. The minimum absolute atomic E-state index is 0.253. The Bertz CT molecular complexity index is 801. The Kier molecular flexibility index (Phi) is 6.66. The van der Waals surface area contributed by atoms with Crippen LogP contribution in [0.5, 0.6) is 0 Å². The van der Waals surface area contributed by atoms with E-state index in [4.69, 9.17) is 0 Å². The van der Waals surface area contributed by atoms with Crippen LogP contribution in [0.1, 0.15) is 24.1 Å². The predicted molar refractivity (Wildman–Crippen MR) is 110 cm³/mol. The number of amides is 3. The smallest absolute Gasteiger partial charge is 0.321 e. The first-order chi connectivity index (χ1) is 13.6. The van der Waals surface area contributed by atoms with Gasteiger partial charge in [-0.05, 0) is 25.5 Å². The molecule has 3 amide bonds. The zero-order chi connectivity index (χ0) is 19.9. The molecule has 0 bridgehead atoms. The van der Waals surface area contributed by atoms with Gasteiger partial charge in [0.25, 0.3) is 5.91 Å². The number of anilines is 1. The minimum Gasteiger partial charge on any atom is -0.360 e. The van der Waals surface area contributed by atoms with Crippen molar-refractivity contribution < 1.29 is 14.5 Å². The van der Waals surface area contributed by atoms with E-state index in [1.807, 2.05) is 37.3 Å². The number of nitrogens with zero attached hydrogens (tertiary/aromatic N) is 1. The molecule has 3 rings (SSSR count). The fourth-order valence-electron chi connectivity index (χ4n) is 3.85. The molecule has 2 aromatic carbocycles. The van der Waals surface area contributed by atoms with E-state index in [1.54, 1.807) is 0 Å². The number of nitrogens with one attached hydrogen (secondary N) is 3. The van der Waals surface area contributed by atoms with Crippen molar-refractivity contribution in [3.05, 3.63) is 65.7 Å². The van der Waals surface area contributed by atoms with Gasteiger partial charge >= 0.3 is 6.03 Å². The number of aryl methyl sites for hydroxylation is 1. The maximum Gasteiger partial charge on any atom is 0.321 e. The fraction of sp³-hybridized carbons (Fsp3) is 0.364. The number of para-hydroxylation sites is 1. The Morgan fingerprint density at radius 2 is 1.68 bits per heavy atom. The van der Waals surface area contributed by atoms with Gasteiger partial charge in [-0.15, -0.1) is 0 Å². The number of carbonyl (C=O) groups is 2. The lowest BCUT2D eigenvalue weighted by molar-refractivity contribution is -0.922. The van der Waals surface area contributed by atoms with Gasteiger partial charge < -0.3 is 15.1 Å². The van der Waals surface area contributed by atoms with Crippen molar-refractivity contribution in [3.63, 3.8) is 0 Å². The van der Waals surface area contributed by atoms with Crippen molar-refractivity contribution in [2.75, 3.05) is 37.6 Å². The highest BCUT2D eigenvalue weighted by Crippen LogP contribution is 2.19. The third-order valence-corrected chi connectivity index (χ3v) is 5.24. The largest absolute Gasteiger partial charge is 0.360 e. The molecule has 1 fully saturated rings. The van der Waals surface area contributed by atoms with Gasteiger partial charge in [0.05, 0.1) is 26.2 Å². The molecule has 0 radical (unpaired) electrons. The monoisotopic (exact) mass is 381 g/mol. The van der Waals surface area contributed by atoms with Gasteiger partial charge in [-0.1, -0.05) is 48.5 Å². The van der Waals surface area contributed by atoms with Crippen LogP contribution in [-0.4, -0.2) is 44.7 Å². The van der Waals surface area contributed by atoms with Crippen LogP contribution in [0.25, 0.3) is 0 Å². The number of benzene rings is 2. The summed E-state index contributed by atoms with van der Waals surface area (Å²) in [5.74, 6) is -0.253. The number of piperazine rings is 1. The number of rotatable bonds is 5. The molecular formula is C22H29N4O2+. The molecular weight excluding hydrogens is 352 g/mol. The van der Waals surface area contributed by atoms with Crippen LogP contribution in [0.4, 0.5) is 10.5 Å². The lowest BCUT2D eigenvalue weighted by atomic mass is 10.0. The zero-order valence-corrected chi connectivity index (χ0v) is 16.6. The number of carbonyl (C=O) groups excluding carboxylic acids is 2. The van der Waals surface area contributed by atoms with Crippen molar-refractivity contribution in [2.45, 2.75) is 19.9 Å². The highest BCUT2D eigenvalue weighted by atomic mass is 16.2. The van der Waals surface area contributed by atoms with Crippen LogP contribution >= 0.6 is 0 Å². The van der Waals surface area contributed by atoms with Crippen LogP contribution in [0.15, 0.2) is 54.6 Å². The Hall–Kier alpha value is -2.86. The molecule has 0 unspecified atom stereocenters. The standard InChI is InChI=1S/C22H28N4O2/c1-3-23-22(28)24-21(27)20(18-10-5-4-6-11-18)26-15-13-25(14-16-26)19-12-8-7-9-17(19)2/h4-12,20H,3,13-16H2,1-2H3,(H2,23,24,27,28)/p+1/t20-/m0/s1. The maximum atomic E-state index is 12.9. The second-order valence-corrected chi connectivity index (χ2v) is 7.12. The number of quaternary nitrogens is 1. The third-order valence-electron chi connectivity index (χ3n) is 5.24. The lowest BCUT2D eigenvalue weighted by Crippen LogP contribution is -3.16. The quantitative estimate of drug-likeness (QED) is 0.731. The maximum absolute atomic E-state index is 12.9. The molecule has 0 spiro atoms. The molecule has 1 aliphatic heterocycles. The number of imide groups is 1. The molecule has 0 saturated carbocycles. The summed E-state index contributed by atoms with van der Waals surface area (Å²) in [6.45, 7) is 7.84. The Labute approximate surface area is 166 Å². The number of hydrogen-bond donors (Lipinski definition) is 3. The first kappa shape index (κ1) is 19.9. The van der Waals surface area contributed by atoms with Crippen molar-refractivity contribution in [2.24, 2.45) is 0 Å². The van der Waals surface area contributed by atoms with Crippen LogP contribution in [0, 0.1) is 6.92 Å². The first-order valence-electron chi connectivity index (χ1n) is 9.89. The summed E-state index contributed by atoms with van der Waals surface area (Å²) < 4.78 is 0. The van der Waals surface area contributed by atoms with Gasteiger partial charge in [-0.2, -0.15) is 0 Å². The third kappa shape index (κ3) is 4.70.